The molecule has 4 bridgehead atoms. The van der Waals surface area contributed by atoms with Crippen molar-refractivity contribution in [1.29, 1.82) is 0 Å². The minimum Gasteiger partial charge on any atom is -0.396 e. The SMILES string of the molecule is O=C(c1ccc(CNC(=O)C23CC4CC(CC(C4)C2)C3)cc1)N1CCCC(CO)C1. The van der Waals surface area contributed by atoms with E-state index in [1.807, 2.05) is 29.2 Å². The molecule has 1 aliphatic heterocycles. The van der Waals surface area contributed by atoms with Crippen molar-refractivity contribution < 1.29 is 14.7 Å². The Bertz CT molecular complexity index is 768. The predicted octanol–water partition coefficient (Wildman–Crippen LogP) is 3.36. The average Bonchev–Trinajstić information content (AvgIpc) is 2.76. The summed E-state index contributed by atoms with van der Waals surface area (Å²) in [6.45, 7) is 2.08. The predicted molar refractivity (Wildman–Crippen MR) is 115 cm³/mol. The average molecular weight is 411 g/mol. The number of amides is 2. The van der Waals surface area contributed by atoms with Gasteiger partial charge < -0.3 is 15.3 Å². The molecule has 2 amide bonds. The fourth-order valence-electron chi connectivity index (χ4n) is 7.10. The highest BCUT2D eigenvalue weighted by Gasteiger charge is 2.54. The highest BCUT2D eigenvalue weighted by atomic mass is 16.3. The largest absolute Gasteiger partial charge is 0.396 e. The molecule has 2 N–H and O–H groups in total. The first kappa shape index (κ1) is 20.0. The Labute approximate surface area is 179 Å². The van der Waals surface area contributed by atoms with Gasteiger partial charge in [0, 0.05) is 37.2 Å². The van der Waals surface area contributed by atoms with Crippen LogP contribution in [0.2, 0.25) is 0 Å². The molecule has 1 unspecified atom stereocenters. The summed E-state index contributed by atoms with van der Waals surface area (Å²) in [4.78, 5) is 27.7. The minimum atomic E-state index is -0.109. The number of hydrogen-bond acceptors (Lipinski definition) is 3. The molecule has 5 nitrogen and oxygen atoms in total. The van der Waals surface area contributed by atoms with Crippen LogP contribution in [-0.2, 0) is 11.3 Å². The van der Waals surface area contributed by atoms with Gasteiger partial charge in [0.1, 0.15) is 0 Å². The number of carbonyl (C=O) groups excluding carboxylic acids is 2. The van der Waals surface area contributed by atoms with Gasteiger partial charge in [-0.1, -0.05) is 12.1 Å². The van der Waals surface area contributed by atoms with Crippen molar-refractivity contribution in [2.24, 2.45) is 29.1 Å². The molecule has 5 heteroatoms. The zero-order valence-corrected chi connectivity index (χ0v) is 17.8. The van der Waals surface area contributed by atoms with E-state index in [-0.39, 0.29) is 29.8 Å². The van der Waals surface area contributed by atoms with Gasteiger partial charge in [0.05, 0.1) is 0 Å². The number of piperidine rings is 1. The van der Waals surface area contributed by atoms with Crippen LogP contribution in [0.1, 0.15) is 67.3 Å². The highest BCUT2D eigenvalue weighted by Crippen LogP contribution is 2.60. The maximum absolute atomic E-state index is 13.1. The zero-order valence-electron chi connectivity index (χ0n) is 17.8. The molecule has 1 saturated heterocycles. The van der Waals surface area contributed by atoms with Gasteiger partial charge in [-0.25, -0.2) is 0 Å². The van der Waals surface area contributed by atoms with Crippen molar-refractivity contribution in [3.05, 3.63) is 35.4 Å². The molecule has 5 fully saturated rings. The van der Waals surface area contributed by atoms with Crippen LogP contribution in [0.15, 0.2) is 24.3 Å². The Kier molecular flexibility index (Phi) is 5.34. The third-order valence-corrected chi connectivity index (χ3v) is 8.24. The zero-order chi connectivity index (χ0) is 20.7. The summed E-state index contributed by atoms with van der Waals surface area (Å²) in [5.74, 6) is 2.80. The van der Waals surface area contributed by atoms with Gasteiger partial charge in [0.25, 0.3) is 5.91 Å². The van der Waals surface area contributed by atoms with Gasteiger partial charge >= 0.3 is 0 Å². The fourth-order valence-corrected chi connectivity index (χ4v) is 7.10. The van der Waals surface area contributed by atoms with Crippen LogP contribution in [0.3, 0.4) is 0 Å². The van der Waals surface area contributed by atoms with Crippen molar-refractivity contribution in [3.63, 3.8) is 0 Å². The normalized spacial score (nSPS) is 34.8. The lowest BCUT2D eigenvalue weighted by molar-refractivity contribution is -0.146. The van der Waals surface area contributed by atoms with Crippen LogP contribution in [0.25, 0.3) is 0 Å². The fraction of sp³-hybridized carbons (Fsp3) is 0.680. The summed E-state index contributed by atoms with van der Waals surface area (Å²) in [5.41, 5.74) is 1.61. The number of benzene rings is 1. The van der Waals surface area contributed by atoms with Crippen LogP contribution >= 0.6 is 0 Å². The van der Waals surface area contributed by atoms with E-state index in [0.29, 0.717) is 18.7 Å². The molecule has 162 valence electrons. The maximum atomic E-state index is 13.1. The first-order chi connectivity index (χ1) is 14.5. The second-order valence-corrected chi connectivity index (χ2v) is 10.5. The van der Waals surface area contributed by atoms with E-state index in [1.165, 1.54) is 19.3 Å². The van der Waals surface area contributed by atoms with Crippen LogP contribution in [0.5, 0.6) is 0 Å². The van der Waals surface area contributed by atoms with E-state index in [4.69, 9.17) is 0 Å². The Morgan fingerprint density at radius 2 is 1.67 bits per heavy atom. The summed E-state index contributed by atoms with van der Waals surface area (Å²) in [6.07, 6.45) is 9.23. The third-order valence-electron chi connectivity index (χ3n) is 8.24. The number of aliphatic hydroxyl groups is 1. The number of likely N-dealkylation sites (tertiary alicyclic amines) is 1. The molecule has 0 radical (unpaired) electrons. The number of aliphatic hydroxyl groups excluding tert-OH is 1. The monoisotopic (exact) mass is 410 g/mol. The lowest BCUT2D eigenvalue weighted by Crippen LogP contribution is -2.53. The molecular formula is C25H34N2O3. The number of hydrogen-bond donors (Lipinski definition) is 2. The third kappa shape index (κ3) is 3.77. The summed E-state index contributed by atoms with van der Waals surface area (Å²) in [6, 6.07) is 7.66. The molecular weight excluding hydrogens is 376 g/mol. The Morgan fingerprint density at radius 3 is 2.27 bits per heavy atom. The van der Waals surface area contributed by atoms with Crippen molar-refractivity contribution >= 4 is 11.8 Å². The first-order valence-electron chi connectivity index (χ1n) is 11.8. The summed E-state index contributed by atoms with van der Waals surface area (Å²) < 4.78 is 0. The van der Waals surface area contributed by atoms with Crippen molar-refractivity contribution in [2.75, 3.05) is 19.7 Å². The molecule has 6 rings (SSSR count). The van der Waals surface area contributed by atoms with E-state index in [0.717, 1.165) is 62.0 Å². The summed E-state index contributed by atoms with van der Waals surface area (Å²) >= 11 is 0. The first-order valence-corrected chi connectivity index (χ1v) is 11.8. The molecule has 1 heterocycles. The molecule has 0 aromatic heterocycles. The van der Waals surface area contributed by atoms with Gasteiger partial charge in [-0.2, -0.15) is 0 Å². The number of nitrogens with one attached hydrogen (secondary N) is 1. The molecule has 1 aromatic rings. The smallest absolute Gasteiger partial charge is 0.253 e. The molecule has 1 aromatic carbocycles. The minimum absolute atomic E-state index is 0.0392. The van der Waals surface area contributed by atoms with Crippen molar-refractivity contribution in [1.82, 2.24) is 10.2 Å². The van der Waals surface area contributed by atoms with E-state index in [1.54, 1.807) is 0 Å². The lowest BCUT2D eigenvalue weighted by atomic mass is 9.49. The van der Waals surface area contributed by atoms with Gasteiger partial charge in [-0.3, -0.25) is 9.59 Å². The summed E-state index contributed by atoms with van der Waals surface area (Å²) in [5, 5.41) is 12.6. The second-order valence-electron chi connectivity index (χ2n) is 10.5. The van der Waals surface area contributed by atoms with Crippen molar-refractivity contribution in [2.45, 2.75) is 57.9 Å². The van der Waals surface area contributed by atoms with Crippen LogP contribution in [0, 0.1) is 29.1 Å². The van der Waals surface area contributed by atoms with Crippen LogP contribution in [-0.4, -0.2) is 41.5 Å². The van der Waals surface area contributed by atoms with E-state index in [9.17, 15) is 14.7 Å². The molecule has 1 atom stereocenters. The molecule has 0 spiro atoms. The van der Waals surface area contributed by atoms with Gasteiger partial charge in [0.2, 0.25) is 5.91 Å². The van der Waals surface area contributed by atoms with E-state index >= 15 is 0 Å². The second kappa shape index (κ2) is 7.99. The Morgan fingerprint density at radius 1 is 1.03 bits per heavy atom. The maximum Gasteiger partial charge on any atom is 0.253 e. The van der Waals surface area contributed by atoms with Crippen LogP contribution < -0.4 is 5.32 Å². The van der Waals surface area contributed by atoms with Gasteiger partial charge in [0.15, 0.2) is 0 Å². The quantitative estimate of drug-likeness (QED) is 0.782. The van der Waals surface area contributed by atoms with Gasteiger partial charge in [-0.05, 0) is 92.7 Å². The van der Waals surface area contributed by atoms with E-state index in [2.05, 4.69) is 5.32 Å². The number of nitrogens with zero attached hydrogens (tertiary/aromatic N) is 1. The highest BCUT2D eigenvalue weighted by molar-refractivity contribution is 5.94. The standard InChI is InChI=1S/C25H34N2O3/c28-16-18-2-1-7-27(15-18)23(29)22-5-3-17(4-6-22)14-26-24(30)25-11-19-8-20(12-25)10-21(9-19)13-25/h3-6,18-21,28H,1-2,7-16H2,(H,26,30). The van der Waals surface area contributed by atoms with Gasteiger partial charge in [-0.15, -0.1) is 0 Å². The Hall–Kier alpha value is -1.88. The number of carbonyl (C=O) groups is 2. The molecule has 4 saturated carbocycles. The van der Waals surface area contributed by atoms with Crippen molar-refractivity contribution in [3.8, 4) is 0 Å². The molecule has 4 aliphatic carbocycles. The van der Waals surface area contributed by atoms with E-state index < -0.39 is 0 Å². The topological polar surface area (TPSA) is 69.6 Å². The lowest BCUT2D eigenvalue weighted by Gasteiger charge is -2.55. The number of rotatable bonds is 5. The Balaban J connectivity index is 1.18. The molecule has 5 aliphatic rings. The van der Waals surface area contributed by atoms with Crippen LogP contribution in [0.4, 0.5) is 0 Å². The molecule has 30 heavy (non-hydrogen) atoms. The summed E-state index contributed by atoms with van der Waals surface area (Å²) in [7, 11) is 0.